The molecule has 126 valence electrons. The monoisotopic (exact) mass is 333 g/mol. The Balaban J connectivity index is 1.68. The van der Waals surface area contributed by atoms with E-state index in [1.165, 1.54) is 44.1 Å². The molecule has 1 aliphatic carbocycles. The average Bonchev–Trinajstić information content (AvgIpc) is 3.05. The Labute approximate surface area is 144 Å². The minimum Gasteiger partial charge on any atom is -0.331 e. The standard InChI is InChI=1S/C18H27N3OS/c1-2-3-6-14-9-11-16(12-10-14)19-18(23)21-20-17(22)13-15-7-4-5-8-15/h9-12,15H,2-8,13H2,1H3,(H,20,22)(H2,19,21,23). The van der Waals surface area contributed by atoms with Gasteiger partial charge in [-0.25, -0.2) is 0 Å². The van der Waals surface area contributed by atoms with Crippen molar-refractivity contribution in [1.29, 1.82) is 0 Å². The van der Waals surface area contributed by atoms with Gasteiger partial charge in [-0.05, 0) is 61.5 Å². The minimum atomic E-state index is 0.0102. The molecule has 23 heavy (non-hydrogen) atoms. The van der Waals surface area contributed by atoms with Crippen LogP contribution >= 0.6 is 12.2 Å². The van der Waals surface area contributed by atoms with E-state index in [1.54, 1.807) is 0 Å². The van der Waals surface area contributed by atoms with E-state index < -0.39 is 0 Å². The number of carbonyl (C=O) groups is 1. The Hall–Kier alpha value is -1.62. The highest BCUT2D eigenvalue weighted by atomic mass is 32.1. The van der Waals surface area contributed by atoms with Crippen LogP contribution in [0.15, 0.2) is 24.3 Å². The predicted molar refractivity (Wildman–Crippen MR) is 99.1 cm³/mol. The van der Waals surface area contributed by atoms with E-state index >= 15 is 0 Å². The van der Waals surface area contributed by atoms with Crippen LogP contribution in [0.3, 0.4) is 0 Å². The largest absolute Gasteiger partial charge is 0.331 e. The average molecular weight is 334 g/mol. The topological polar surface area (TPSA) is 53.2 Å². The van der Waals surface area contributed by atoms with Crippen molar-refractivity contribution < 1.29 is 4.79 Å². The summed E-state index contributed by atoms with van der Waals surface area (Å²) in [6.07, 6.45) is 8.94. The molecule has 1 amide bonds. The maximum Gasteiger partial charge on any atom is 0.238 e. The third-order valence-electron chi connectivity index (χ3n) is 4.30. The quantitative estimate of drug-likeness (QED) is 0.545. The molecule has 0 bridgehead atoms. The lowest BCUT2D eigenvalue weighted by atomic mass is 10.0. The molecule has 3 N–H and O–H groups in total. The zero-order valence-electron chi connectivity index (χ0n) is 13.9. The summed E-state index contributed by atoms with van der Waals surface area (Å²) in [6.45, 7) is 2.20. The van der Waals surface area contributed by atoms with E-state index in [9.17, 15) is 4.79 Å². The van der Waals surface area contributed by atoms with Crippen LogP contribution in [-0.2, 0) is 11.2 Å². The van der Waals surface area contributed by atoms with Gasteiger partial charge >= 0.3 is 0 Å². The van der Waals surface area contributed by atoms with Gasteiger partial charge in [-0.1, -0.05) is 38.3 Å². The Morgan fingerprint density at radius 3 is 2.52 bits per heavy atom. The minimum absolute atomic E-state index is 0.0102. The van der Waals surface area contributed by atoms with Crippen molar-refractivity contribution in [3.05, 3.63) is 29.8 Å². The van der Waals surface area contributed by atoms with Gasteiger partial charge in [0.25, 0.3) is 0 Å². The molecule has 0 aromatic heterocycles. The second kappa shape index (κ2) is 9.50. The molecule has 2 rings (SSSR count). The third kappa shape index (κ3) is 6.57. The fourth-order valence-corrected chi connectivity index (χ4v) is 3.12. The molecular weight excluding hydrogens is 306 g/mol. The molecule has 1 fully saturated rings. The van der Waals surface area contributed by atoms with Gasteiger partial charge in [0.15, 0.2) is 5.11 Å². The molecule has 0 aliphatic heterocycles. The molecule has 1 aromatic carbocycles. The lowest BCUT2D eigenvalue weighted by molar-refractivity contribution is -0.122. The first-order chi connectivity index (χ1) is 11.2. The van der Waals surface area contributed by atoms with E-state index in [0.29, 0.717) is 17.5 Å². The molecule has 1 aliphatic rings. The zero-order valence-corrected chi connectivity index (χ0v) is 14.7. The number of unbranched alkanes of at least 4 members (excludes halogenated alkanes) is 1. The Morgan fingerprint density at radius 1 is 1.17 bits per heavy atom. The summed E-state index contributed by atoms with van der Waals surface area (Å²) in [5.41, 5.74) is 7.71. The SMILES string of the molecule is CCCCc1ccc(NC(=S)NNC(=O)CC2CCCC2)cc1. The smallest absolute Gasteiger partial charge is 0.238 e. The van der Waals surface area contributed by atoms with Gasteiger partial charge in [-0.3, -0.25) is 15.6 Å². The van der Waals surface area contributed by atoms with Gasteiger partial charge in [-0.15, -0.1) is 0 Å². The van der Waals surface area contributed by atoms with Crippen LogP contribution in [0, 0.1) is 5.92 Å². The number of benzene rings is 1. The van der Waals surface area contributed by atoms with Crippen LogP contribution in [-0.4, -0.2) is 11.0 Å². The maximum atomic E-state index is 11.8. The maximum absolute atomic E-state index is 11.8. The summed E-state index contributed by atoms with van der Waals surface area (Å²) in [4.78, 5) is 11.8. The van der Waals surface area contributed by atoms with Gasteiger partial charge in [0.2, 0.25) is 5.91 Å². The molecule has 0 spiro atoms. The number of carbonyl (C=O) groups excluding carboxylic acids is 1. The van der Waals surface area contributed by atoms with Crippen molar-refractivity contribution in [2.45, 2.75) is 58.3 Å². The molecule has 0 unspecified atom stereocenters. The molecular formula is C18H27N3OS. The number of amides is 1. The van der Waals surface area contributed by atoms with Gasteiger partial charge in [0.1, 0.15) is 0 Å². The number of rotatable bonds is 6. The Morgan fingerprint density at radius 2 is 1.87 bits per heavy atom. The van der Waals surface area contributed by atoms with Crippen LogP contribution in [0.2, 0.25) is 0 Å². The van der Waals surface area contributed by atoms with Gasteiger partial charge in [-0.2, -0.15) is 0 Å². The van der Waals surface area contributed by atoms with Gasteiger partial charge < -0.3 is 5.32 Å². The Kier molecular flexibility index (Phi) is 7.33. The van der Waals surface area contributed by atoms with Crippen LogP contribution in [0.4, 0.5) is 5.69 Å². The van der Waals surface area contributed by atoms with Crippen molar-refractivity contribution >= 4 is 28.9 Å². The third-order valence-corrected chi connectivity index (χ3v) is 4.50. The molecule has 1 aromatic rings. The van der Waals surface area contributed by atoms with E-state index in [1.807, 2.05) is 12.1 Å². The zero-order chi connectivity index (χ0) is 16.5. The summed E-state index contributed by atoms with van der Waals surface area (Å²) in [5.74, 6) is 0.546. The number of hydrazine groups is 1. The van der Waals surface area contributed by atoms with Crippen molar-refractivity contribution in [3.8, 4) is 0 Å². The fraction of sp³-hybridized carbons (Fsp3) is 0.556. The van der Waals surface area contributed by atoms with Crippen LogP contribution in [0.25, 0.3) is 0 Å². The van der Waals surface area contributed by atoms with Crippen LogP contribution in [0.1, 0.15) is 57.4 Å². The number of anilines is 1. The fourth-order valence-electron chi connectivity index (χ4n) is 2.95. The number of hydrogen-bond donors (Lipinski definition) is 3. The molecule has 5 heteroatoms. The van der Waals surface area contributed by atoms with Crippen molar-refractivity contribution in [2.75, 3.05) is 5.32 Å². The first-order valence-electron chi connectivity index (χ1n) is 8.62. The highest BCUT2D eigenvalue weighted by Crippen LogP contribution is 2.27. The van der Waals surface area contributed by atoms with Crippen molar-refractivity contribution in [2.24, 2.45) is 5.92 Å². The number of hydrogen-bond acceptors (Lipinski definition) is 2. The number of thiocarbonyl (C=S) groups is 1. The first-order valence-corrected chi connectivity index (χ1v) is 9.03. The van der Waals surface area contributed by atoms with Crippen molar-refractivity contribution in [3.63, 3.8) is 0 Å². The molecule has 0 radical (unpaired) electrons. The molecule has 0 heterocycles. The summed E-state index contributed by atoms with van der Waals surface area (Å²) in [6, 6.07) is 8.25. The summed E-state index contributed by atoms with van der Waals surface area (Å²) >= 11 is 5.20. The summed E-state index contributed by atoms with van der Waals surface area (Å²) < 4.78 is 0. The summed E-state index contributed by atoms with van der Waals surface area (Å²) in [5, 5.41) is 3.49. The van der Waals surface area contributed by atoms with Crippen LogP contribution in [0.5, 0.6) is 0 Å². The molecule has 4 nitrogen and oxygen atoms in total. The highest BCUT2D eigenvalue weighted by molar-refractivity contribution is 7.80. The lowest BCUT2D eigenvalue weighted by Gasteiger charge is -2.13. The van der Waals surface area contributed by atoms with Crippen LogP contribution < -0.4 is 16.2 Å². The van der Waals surface area contributed by atoms with E-state index in [-0.39, 0.29) is 5.91 Å². The molecule has 1 saturated carbocycles. The highest BCUT2D eigenvalue weighted by Gasteiger charge is 2.18. The summed E-state index contributed by atoms with van der Waals surface area (Å²) in [7, 11) is 0. The van der Waals surface area contributed by atoms with Gasteiger partial charge in [0.05, 0.1) is 0 Å². The van der Waals surface area contributed by atoms with Gasteiger partial charge in [0, 0.05) is 12.1 Å². The second-order valence-electron chi connectivity index (χ2n) is 6.28. The van der Waals surface area contributed by atoms with E-state index in [0.717, 1.165) is 12.1 Å². The number of aryl methyl sites for hydroxylation is 1. The van der Waals surface area contributed by atoms with E-state index in [2.05, 4.69) is 35.2 Å². The lowest BCUT2D eigenvalue weighted by Crippen LogP contribution is -2.44. The number of nitrogens with one attached hydrogen (secondary N) is 3. The molecule has 0 saturated heterocycles. The first kappa shape index (κ1) is 17.7. The predicted octanol–water partition coefficient (Wildman–Crippen LogP) is 3.93. The second-order valence-corrected chi connectivity index (χ2v) is 6.69. The normalized spacial score (nSPS) is 14.5. The molecule has 0 atom stereocenters. The van der Waals surface area contributed by atoms with Crippen molar-refractivity contribution in [1.82, 2.24) is 10.9 Å². The Bertz CT molecular complexity index is 510. The van der Waals surface area contributed by atoms with E-state index in [4.69, 9.17) is 12.2 Å².